The van der Waals surface area contributed by atoms with Crippen molar-refractivity contribution in [2.75, 3.05) is 7.11 Å². The molecule has 0 heterocycles. The van der Waals surface area contributed by atoms with Crippen LogP contribution in [-0.4, -0.2) is 29.9 Å². The molecular formula is C18H24O4. The van der Waals surface area contributed by atoms with Crippen molar-refractivity contribution in [1.82, 2.24) is 0 Å². The summed E-state index contributed by atoms with van der Waals surface area (Å²) in [4.78, 5) is 25.2. The lowest BCUT2D eigenvalue weighted by Gasteiger charge is -2.56. The maximum atomic E-state index is 12.7. The Kier molecular flexibility index (Phi) is 3.37. The van der Waals surface area contributed by atoms with E-state index in [9.17, 15) is 14.7 Å². The zero-order valence-electron chi connectivity index (χ0n) is 13.7. The number of methoxy groups -OCH3 is 1. The second-order valence-corrected chi connectivity index (χ2v) is 7.64. The molecule has 4 nitrogen and oxygen atoms in total. The Morgan fingerprint density at radius 1 is 1.23 bits per heavy atom. The zero-order chi connectivity index (χ0) is 16.3. The number of Topliss-reactive ketones (excluding diaryl/α,β-unsaturated/α-hetero) is 1. The molecule has 0 spiro atoms. The first kappa shape index (κ1) is 15.5. The van der Waals surface area contributed by atoms with E-state index in [1.54, 1.807) is 0 Å². The molecule has 0 bridgehead atoms. The third-order valence-corrected chi connectivity index (χ3v) is 6.25. The highest BCUT2D eigenvalue weighted by Crippen LogP contribution is 2.60. The van der Waals surface area contributed by atoms with Gasteiger partial charge in [0.25, 0.3) is 0 Å². The van der Waals surface area contributed by atoms with Crippen molar-refractivity contribution in [2.24, 2.45) is 16.7 Å². The Morgan fingerprint density at radius 2 is 1.91 bits per heavy atom. The summed E-state index contributed by atoms with van der Waals surface area (Å²) in [5.41, 5.74) is 0.726. The molecule has 0 aromatic carbocycles. The minimum absolute atomic E-state index is 0.0918. The summed E-state index contributed by atoms with van der Waals surface area (Å²) in [5.74, 6) is 0.129. The van der Waals surface area contributed by atoms with Crippen LogP contribution in [0.15, 0.2) is 23.0 Å². The summed E-state index contributed by atoms with van der Waals surface area (Å²) < 4.78 is 5.07. The molecule has 1 saturated carbocycles. The smallest absolute Gasteiger partial charge is 0.224 e. The third-order valence-electron chi connectivity index (χ3n) is 6.25. The van der Waals surface area contributed by atoms with Gasteiger partial charge in [-0.2, -0.15) is 0 Å². The average Bonchev–Trinajstić information content (AvgIpc) is 2.46. The van der Waals surface area contributed by atoms with Gasteiger partial charge in [-0.05, 0) is 37.0 Å². The van der Waals surface area contributed by atoms with Crippen LogP contribution in [0.25, 0.3) is 0 Å². The first-order valence-corrected chi connectivity index (χ1v) is 8.00. The third kappa shape index (κ3) is 1.86. The summed E-state index contributed by atoms with van der Waals surface area (Å²) in [5, 5.41) is 10.4. The van der Waals surface area contributed by atoms with E-state index >= 15 is 0 Å². The number of aliphatic hydroxyl groups is 1. The number of fused-ring (bicyclic) bond motifs is 2. The zero-order valence-corrected chi connectivity index (χ0v) is 13.7. The van der Waals surface area contributed by atoms with Crippen LogP contribution in [0.4, 0.5) is 0 Å². The Morgan fingerprint density at radius 3 is 2.55 bits per heavy atom. The van der Waals surface area contributed by atoms with Crippen molar-refractivity contribution < 1.29 is 19.4 Å². The molecule has 3 rings (SSSR count). The molecule has 1 unspecified atom stereocenters. The Balaban J connectivity index is 2.11. The highest BCUT2D eigenvalue weighted by Gasteiger charge is 2.56. The molecule has 0 saturated heterocycles. The van der Waals surface area contributed by atoms with Crippen molar-refractivity contribution in [3.8, 4) is 0 Å². The lowest BCUT2D eigenvalue weighted by Crippen LogP contribution is -2.53. The Labute approximate surface area is 131 Å². The van der Waals surface area contributed by atoms with Crippen LogP contribution in [0.5, 0.6) is 0 Å². The first-order valence-electron chi connectivity index (χ1n) is 8.00. The molecule has 120 valence electrons. The summed E-state index contributed by atoms with van der Waals surface area (Å²) in [6.45, 7) is 6.25. The van der Waals surface area contributed by atoms with Crippen molar-refractivity contribution in [3.63, 3.8) is 0 Å². The van der Waals surface area contributed by atoms with Crippen molar-refractivity contribution >= 4 is 11.6 Å². The van der Waals surface area contributed by atoms with E-state index in [4.69, 9.17) is 4.74 Å². The number of hydrogen-bond acceptors (Lipinski definition) is 4. The predicted molar refractivity (Wildman–Crippen MR) is 82.0 cm³/mol. The topological polar surface area (TPSA) is 63.6 Å². The van der Waals surface area contributed by atoms with Gasteiger partial charge in [-0.25, -0.2) is 0 Å². The number of allylic oxidation sites excluding steroid dienone is 3. The second kappa shape index (κ2) is 4.79. The van der Waals surface area contributed by atoms with Gasteiger partial charge in [0.1, 0.15) is 0 Å². The molecule has 0 aliphatic heterocycles. The van der Waals surface area contributed by atoms with Crippen LogP contribution in [0.1, 0.15) is 46.5 Å². The lowest BCUT2D eigenvalue weighted by atomic mass is 9.48. The molecule has 1 N–H and O–H groups in total. The molecule has 4 heteroatoms. The van der Waals surface area contributed by atoms with Crippen LogP contribution in [0, 0.1) is 16.7 Å². The minimum Gasteiger partial charge on any atom is -0.493 e. The van der Waals surface area contributed by atoms with Crippen molar-refractivity contribution in [1.29, 1.82) is 0 Å². The van der Waals surface area contributed by atoms with Gasteiger partial charge < -0.3 is 9.84 Å². The van der Waals surface area contributed by atoms with Crippen LogP contribution in [0.2, 0.25) is 0 Å². The number of ether oxygens (including phenoxy) is 1. The van der Waals surface area contributed by atoms with Crippen LogP contribution in [-0.2, 0) is 14.3 Å². The van der Waals surface area contributed by atoms with Gasteiger partial charge in [-0.15, -0.1) is 0 Å². The Bertz CT molecular complexity index is 611. The Hall–Kier alpha value is -1.42. The fraction of sp³-hybridized carbons (Fsp3) is 0.667. The van der Waals surface area contributed by atoms with E-state index in [1.165, 1.54) is 13.2 Å². The fourth-order valence-electron chi connectivity index (χ4n) is 5.00. The average molecular weight is 304 g/mol. The number of aliphatic hydroxyl groups excluding tert-OH is 1. The van der Waals surface area contributed by atoms with E-state index in [0.29, 0.717) is 24.0 Å². The van der Waals surface area contributed by atoms with E-state index in [0.717, 1.165) is 12.8 Å². The largest absolute Gasteiger partial charge is 0.493 e. The van der Waals surface area contributed by atoms with E-state index in [-0.39, 0.29) is 40.2 Å². The van der Waals surface area contributed by atoms with Gasteiger partial charge in [0, 0.05) is 22.6 Å². The summed E-state index contributed by atoms with van der Waals surface area (Å²) in [7, 11) is 1.43. The number of carbonyl (C=O) groups is 2. The highest BCUT2D eigenvalue weighted by molar-refractivity contribution is 6.22. The summed E-state index contributed by atoms with van der Waals surface area (Å²) >= 11 is 0. The van der Waals surface area contributed by atoms with Crippen LogP contribution >= 0.6 is 0 Å². The molecule has 1 fully saturated rings. The number of ketones is 2. The molecule has 22 heavy (non-hydrogen) atoms. The monoisotopic (exact) mass is 304 g/mol. The molecule has 3 aliphatic rings. The standard InChI is InChI=1S/C18H24O4/c1-17(2)13-6-5-10-15(18(13,3)8-7-14(17)20)11(19)9-12(22-4)16(10)21/h9,13-14,20H,5-8H2,1-4H3/t13?,14-,18-/m0/s1. The summed E-state index contributed by atoms with van der Waals surface area (Å²) in [6, 6.07) is 0. The molecule has 0 radical (unpaired) electrons. The minimum atomic E-state index is -0.354. The fourth-order valence-corrected chi connectivity index (χ4v) is 5.00. The van der Waals surface area contributed by atoms with Crippen molar-refractivity contribution in [2.45, 2.75) is 52.6 Å². The molecule has 0 aromatic rings. The van der Waals surface area contributed by atoms with Gasteiger partial charge in [-0.3, -0.25) is 9.59 Å². The maximum Gasteiger partial charge on any atom is 0.224 e. The van der Waals surface area contributed by atoms with E-state index < -0.39 is 0 Å². The summed E-state index contributed by atoms with van der Waals surface area (Å²) in [6.07, 6.45) is 3.82. The lowest BCUT2D eigenvalue weighted by molar-refractivity contribution is -0.124. The molecular weight excluding hydrogens is 280 g/mol. The number of rotatable bonds is 1. The van der Waals surface area contributed by atoms with Crippen LogP contribution < -0.4 is 0 Å². The quantitative estimate of drug-likeness (QED) is 0.756. The second-order valence-electron chi connectivity index (χ2n) is 7.64. The highest BCUT2D eigenvalue weighted by atomic mass is 16.5. The van der Waals surface area contributed by atoms with E-state index in [2.05, 4.69) is 20.8 Å². The predicted octanol–water partition coefficient (Wildman–Crippen LogP) is 2.56. The van der Waals surface area contributed by atoms with Crippen LogP contribution in [0.3, 0.4) is 0 Å². The van der Waals surface area contributed by atoms with Gasteiger partial charge in [0.05, 0.1) is 13.2 Å². The normalized spacial score (nSPS) is 37.4. The maximum absolute atomic E-state index is 12.7. The SMILES string of the molecule is COC1=CC(=O)C2=C(CCC3C(C)(C)[C@@H](O)CC[C@]23C)C1=O. The van der Waals surface area contributed by atoms with Gasteiger partial charge in [0.15, 0.2) is 11.5 Å². The van der Waals surface area contributed by atoms with Gasteiger partial charge in [-0.1, -0.05) is 20.8 Å². The molecule has 0 aromatic heterocycles. The van der Waals surface area contributed by atoms with Crippen molar-refractivity contribution in [3.05, 3.63) is 23.0 Å². The molecule has 0 amide bonds. The van der Waals surface area contributed by atoms with Gasteiger partial charge >= 0.3 is 0 Å². The van der Waals surface area contributed by atoms with Gasteiger partial charge in [0.2, 0.25) is 5.78 Å². The first-order chi connectivity index (χ1) is 10.2. The van der Waals surface area contributed by atoms with E-state index in [1.807, 2.05) is 0 Å². The number of hydrogen-bond donors (Lipinski definition) is 1. The molecule has 3 aliphatic carbocycles. The molecule has 3 atom stereocenters. The number of carbonyl (C=O) groups excluding carboxylic acids is 2.